The van der Waals surface area contributed by atoms with E-state index in [4.69, 9.17) is 9.47 Å². The molecule has 9 nitrogen and oxygen atoms in total. The predicted octanol–water partition coefficient (Wildman–Crippen LogP) is 3.06. The summed E-state index contributed by atoms with van der Waals surface area (Å²) < 4.78 is 34.7. The molecule has 11 heteroatoms. The molecule has 0 aliphatic rings. The summed E-state index contributed by atoms with van der Waals surface area (Å²) in [7, 11) is -2.20. The Bertz CT molecular complexity index is 1070. The van der Waals surface area contributed by atoms with Crippen molar-refractivity contribution in [1.29, 1.82) is 0 Å². The van der Waals surface area contributed by atoms with Crippen LogP contribution in [0.2, 0.25) is 0 Å². The zero-order chi connectivity index (χ0) is 23.2. The van der Waals surface area contributed by atoms with E-state index in [0.29, 0.717) is 11.3 Å². The van der Waals surface area contributed by atoms with Crippen molar-refractivity contribution in [3.63, 3.8) is 0 Å². The van der Waals surface area contributed by atoms with E-state index in [-0.39, 0.29) is 28.5 Å². The predicted molar refractivity (Wildman–Crippen MR) is 117 cm³/mol. The lowest BCUT2D eigenvalue weighted by molar-refractivity contribution is -0.115. The molecule has 0 aliphatic carbocycles. The van der Waals surface area contributed by atoms with Gasteiger partial charge in [-0.2, -0.15) is 0 Å². The Morgan fingerprint density at radius 2 is 1.74 bits per heavy atom. The third kappa shape index (κ3) is 6.28. The normalized spacial score (nSPS) is 11.0. The van der Waals surface area contributed by atoms with Gasteiger partial charge in [0.1, 0.15) is 10.8 Å². The molecule has 0 saturated carbocycles. The first-order valence-corrected chi connectivity index (χ1v) is 11.8. The highest BCUT2D eigenvalue weighted by atomic mass is 32.2. The van der Waals surface area contributed by atoms with Crippen LogP contribution >= 0.6 is 11.3 Å². The van der Waals surface area contributed by atoms with Crippen molar-refractivity contribution < 1.29 is 32.3 Å². The molecule has 31 heavy (non-hydrogen) atoms. The van der Waals surface area contributed by atoms with Gasteiger partial charge >= 0.3 is 6.09 Å². The number of alkyl carbamates (subject to hydrolysis) is 1. The average molecular weight is 469 g/mol. The summed E-state index contributed by atoms with van der Waals surface area (Å²) in [5.74, 6) is -1.16. The third-order valence-corrected chi connectivity index (χ3v) is 7.23. The summed E-state index contributed by atoms with van der Waals surface area (Å²) >= 11 is 1.16. The molecule has 0 bridgehead atoms. The highest BCUT2D eigenvalue weighted by Crippen LogP contribution is 2.32. The average Bonchev–Trinajstić information content (AvgIpc) is 2.99. The molecule has 0 fully saturated rings. The highest BCUT2D eigenvalue weighted by molar-refractivity contribution is 7.91. The van der Waals surface area contributed by atoms with Crippen LogP contribution in [0.3, 0.4) is 0 Å². The van der Waals surface area contributed by atoms with Crippen LogP contribution in [0.1, 0.15) is 34.1 Å². The summed E-state index contributed by atoms with van der Waals surface area (Å²) in [5, 5.41) is 4.92. The van der Waals surface area contributed by atoms with Gasteiger partial charge in [0.15, 0.2) is 9.84 Å². The number of sulfone groups is 1. The number of amides is 3. The van der Waals surface area contributed by atoms with Crippen molar-refractivity contribution >= 4 is 44.1 Å². The second-order valence-corrected chi connectivity index (χ2v) is 9.79. The van der Waals surface area contributed by atoms with Gasteiger partial charge in [0, 0.05) is 11.3 Å². The number of benzene rings is 1. The molecule has 0 radical (unpaired) electrons. The number of rotatable bonds is 8. The number of imide groups is 1. The van der Waals surface area contributed by atoms with E-state index < -0.39 is 33.5 Å². The molecule has 2 aromatic rings. The molecule has 3 amide bonds. The molecule has 0 aliphatic heterocycles. The van der Waals surface area contributed by atoms with Gasteiger partial charge in [0.05, 0.1) is 29.9 Å². The van der Waals surface area contributed by atoms with Gasteiger partial charge in [-0.15, -0.1) is 11.3 Å². The van der Waals surface area contributed by atoms with Crippen molar-refractivity contribution in [3.05, 3.63) is 40.3 Å². The van der Waals surface area contributed by atoms with Crippen LogP contribution in [0.4, 0.5) is 9.80 Å². The van der Waals surface area contributed by atoms with Crippen molar-refractivity contribution in [2.75, 3.05) is 24.8 Å². The summed E-state index contributed by atoms with van der Waals surface area (Å²) in [4.78, 5) is 37.3. The minimum Gasteiger partial charge on any atom is -0.497 e. The molecule has 2 rings (SSSR count). The standard InChI is InChI=1S/C20H24N2O7S2/c1-5-29-20(25)22-18(24)17-12(2)13(3)30-19(17)21-16(23)10-11-31(26,27)15-8-6-14(28-4)7-9-15/h6-9H,5,10-11H2,1-4H3,(H,21,23)(H,22,24,25). The van der Waals surface area contributed by atoms with Crippen LogP contribution in [0.5, 0.6) is 5.75 Å². The lowest BCUT2D eigenvalue weighted by Gasteiger charge is -2.09. The first-order chi connectivity index (χ1) is 14.6. The summed E-state index contributed by atoms with van der Waals surface area (Å²) in [6.07, 6.45) is -1.19. The molecular formula is C20H24N2O7S2. The molecule has 0 saturated heterocycles. The molecule has 0 atom stereocenters. The second-order valence-electron chi connectivity index (χ2n) is 6.45. The van der Waals surface area contributed by atoms with Crippen LogP contribution < -0.4 is 15.4 Å². The van der Waals surface area contributed by atoms with Crippen molar-refractivity contribution in [1.82, 2.24) is 5.32 Å². The van der Waals surface area contributed by atoms with Gasteiger partial charge in [0.25, 0.3) is 5.91 Å². The first kappa shape index (κ1) is 24.4. The van der Waals surface area contributed by atoms with E-state index in [1.165, 1.54) is 31.4 Å². The molecular weight excluding hydrogens is 444 g/mol. The Morgan fingerprint density at radius 1 is 1.10 bits per heavy atom. The largest absolute Gasteiger partial charge is 0.497 e. The molecule has 168 valence electrons. The molecule has 1 aromatic carbocycles. The molecule has 0 unspecified atom stereocenters. The Labute approximate surface area is 184 Å². The smallest absolute Gasteiger partial charge is 0.414 e. The van der Waals surface area contributed by atoms with E-state index in [0.717, 1.165) is 16.2 Å². The maximum absolute atomic E-state index is 12.5. The number of hydrogen-bond donors (Lipinski definition) is 2. The Hall–Kier alpha value is -2.92. The number of carbonyl (C=O) groups excluding carboxylic acids is 3. The van der Waals surface area contributed by atoms with Gasteiger partial charge in [-0.1, -0.05) is 0 Å². The first-order valence-electron chi connectivity index (χ1n) is 9.33. The highest BCUT2D eigenvalue weighted by Gasteiger charge is 2.24. The van der Waals surface area contributed by atoms with Crippen LogP contribution in [-0.4, -0.2) is 45.8 Å². The second kappa shape index (κ2) is 10.4. The van der Waals surface area contributed by atoms with Crippen molar-refractivity contribution in [2.45, 2.75) is 32.1 Å². The Balaban J connectivity index is 2.09. The molecule has 1 aromatic heterocycles. The number of thiophene rings is 1. The van der Waals surface area contributed by atoms with Crippen molar-refractivity contribution in [2.24, 2.45) is 0 Å². The number of aryl methyl sites for hydroxylation is 1. The van der Waals surface area contributed by atoms with E-state index in [2.05, 4.69) is 10.6 Å². The Morgan fingerprint density at radius 3 is 2.32 bits per heavy atom. The number of methoxy groups -OCH3 is 1. The van der Waals surface area contributed by atoms with Crippen LogP contribution in [0.25, 0.3) is 0 Å². The fourth-order valence-electron chi connectivity index (χ4n) is 2.63. The third-order valence-electron chi connectivity index (χ3n) is 4.37. The monoisotopic (exact) mass is 468 g/mol. The number of anilines is 1. The zero-order valence-electron chi connectivity index (χ0n) is 17.6. The van der Waals surface area contributed by atoms with Crippen LogP contribution in [0.15, 0.2) is 29.2 Å². The summed E-state index contributed by atoms with van der Waals surface area (Å²) in [5.41, 5.74) is 0.745. The fraction of sp³-hybridized carbons (Fsp3) is 0.350. The van der Waals surface area contributed by atoms with E-state index >= 15 is 0 Å². The zero-order valence-corrected chi connectivity index (χ0v) is 19.2. The number of nitrogens with one attached hydrogen (secondary N) is 2. The summed E-state index contributed by atoms with van der Waals surface area (Å²) in [6.45, 7) is 5.17. The van der Waals surface area contributed by atoms with E-state index in [9.17, 15) is 22.8 Å². The van der Waals surface area contributed by atoms with Gasteiger partial charge in [-0.3, -0.25) is 14.9 Å². The molecule has 1 heterocycles. The minimum absolute atomic E-state index is 0.0819. The molecule has 0 spiro atoms. The lowest BCUT2D eigenvalue weighted by atomic mass is 10.1. The van der Waals surface area contributed by atoms with Gasteiger partial charge < -0.3 is 14.8 Å². The van der Waals surface area contributed by atoms with Gasteiger partial charge in [0.2, 0.25) is 5.91 Å². The van der Waals surface area contributed by atoms with Crippen molar-refractivity contribution in [3.8, 4) is 5.75 Å². The molecule has 2 N–H and O–H groups in total. The fourth-order valence-corrected chi connectivity index (χ4v) is 4.94. The van der Waals surface area contributed by atoms with Gasteiger partial charge in [-0.25, -0.2) is 13.2 Å². The van der Waals surface area contributed by atoms with Gasteiger partial charge in [-0.05, 0) is 50.6 Å². The maximum Gasteiger partial charge on any atom is 0.414 e. The topological polar surface area (TPSA) is 128 Å². The number of carbonyl (C=O) groups is 3. The maximum atomic E-state index is 12.5. The lowest BCUT2D eigenvalue weighted by Crippen LogP contribution is -2.32. The number of ether oxygens (including phenoxy) is 2. The number of hydrogen-bond acceptors (Lipinski definition) is 8. The summed E-state index contributed by atoms with van der Waals surface area (Å²) in [6, 6.07) is 5.88. The minimum atomic E-state index is -3.68. The quantitative estimate of drug-likeness (QED) is 0.609. The Kier molecular flexibility index (Phi) is 8.17. The van der Waals surface area contributed by atoms with Crippen LogP contribution in [-0.2, 0) is 19.4 Å². The van der Waals surface area contributed by atoms with Crippen LogP contribution in [0, 0.1) is 13.8 Å². The van der Waals surface area contributed by atoms with E-state index in [1.54, 1.807) is 20.8 Å². The van der Waals surface area contributed by atoms with E-state index in [1.807, 2.05) is 0 Å². The SMILES string of the molecule is CCOC(=O)NC(=O)c1c(NC(=O)CCS(=O)(=O)c2ccc(OC)cc2)sc(C)c1C.